The predicted molar refractivity (Wildman–Crippen MR) is 147 cm³/mol. The largest absolute Gasteiger partial charge is 0.382 e. The SMILES string of the molecule is COCC(Nc1ncnc2sc3c(c12)CC(C)(C)N(C(=O)C=CCN(C)C)C3(C)C)c1ccccc1. The molecule has 1 unspecified atom stereocenters. The quantitative estimate of drug-likeness (QED) is 0.433. The molecule has 0 aliphatic carbocycles. The fraction of sp³-hybridized carbons (Fsp3) is 0.464. The molecule has 1 aliphatic heterocycles. The minimum absolute atomic E-state index is 0.0311. The molecule has 1 aromatic carbocycles. The Labute approximate surface area is 218 Å². The summed E-state index contributed by atoms with van der Waals surface area (Å²) >= 11 is 1.66. The van der Waals surface area contributed by atoms with E-state index in [1.165, 1.54) is 5.56 Å². The maximum absolute atomic E-state index is 13.4. The van der Waals surface area contributed by atoms with Gasteiger partial charge >= 0.3 is 0 Å². The van der Waals surface area contributed by atoms with Gasteiger partial charge in [0, 0.05) is 30.1 Å². The zero-order valence-corrected chi connectivity index (χ0v) is 23.1. The van der Waals surface area contributed by atoms with E-state index in [-0.39, 0.29) is 17.5 Å². The lowest BCUT2D eigenvalue weighted by molar-refractivity contribution is -0.140. The number of rotatable bonds is 8. The molecule has 36 heavy (non-hydrogen) atoms. The number of amides is 1. The summed E-state index contributed by atoms with van der Waals surface area (Å²) in [4.78, 5) is 28.9. The molecule has 3 heterocycles. The third-order valence-corrected chi connectivity index (χ3v) is 8.17. The van der Waals surface area contributed by atoms with Gasteiger partial charge in [-0.3, -0.25) is 4.79 Å². The molecule has 4 rings (SSSR count). The Balaban J connectivity index is 1.77. The molecule has 1 amide bonds. The molecular weight excluding hydrogens is 470 g/mol. The van der Waals surface area contributed by atoms with Crippen LogP contribution in [0.5, 0.6) is 0 Å². The van der Waals surface area contributed by atoms with Gasteiger partial charge in [0.15, 0.2) is 0 Å². The van der Waals surface area contributed by atoms with Crippen molar-refractivity contribution in [3.8, 4) is 0 Å². The first-order valence-corrected chi connectivity index (χ1v) is 13.1. The summed E-state index contributed by atoms with van der Waals surface area (Å²) in [5.41, 5.74) is 1.48. The summed E-state index contributed by atoms with van der Waals surface area (Å²) in [7, 11) is 5.70. The van der Waals surface area contributed by atoms with Crippen LogP contribution in [0.15, 0.2) is 48.8 Å². The minimum Gasteiger partial charge on any atom is -0.382 e. The van der Waals surface area contributed by atoms with E-state index < -0.39 is 5.54 Å². The van der Waals surface area contributed by atoms with E-state index in [0.29, 0.717) is 6.61 Å². The summed E-state index contributed by atoms with van der Waals surface area (Å²) in [5.74, 6) is 0.837. The number of nitrogens with zero attached hydrogens (tertiary/aromatic N) is 4. The average Bonchev–Trinajstić information content (AvgIpc) is 3.18. The normalized spacial score (nSPS) is 17.5. The van der Waals surface area contributed by atoms with E-state index in [0.717, 1.165) is 39.4 Å². The lowest BCUT2D eigenvalue weighted by Gasteiger charge is -2.52. The third kappa shape index (κ3) is 5.03. The second-order valence-electron chi connectivity index (χ2n) is 10.8. The van der Waals surface area contributed by atoms with Gasteiger partial charge in [-0.05, 0) is 59.3 Å². The molecule has 0 saturated carbocycles. The number of aromatic nitrogens is 2. The van der Waals surface area contributed by atoms with Gasteiger partial charge in [-0.1, -0.05) is 36.4 Å². The Kier molecular flexibility index (Phi) is 7.50. The molecule has 0 spiro atoms. The predicted octanol–water partition coefficient (Wildman–Crippen LogP) is 5.01. The second-order valence-corrected chi connectivity index (χ2v) is 11.8. The number of anilines is 1. The molecule has 192 valence electrons. The molecule has 0 bridgehead atoms. The number of carbonyl (C=O) groups is 1. The fourth-order valence-electron chi connectivity index (χ4n) is 5.38. The molecule has 1 atom stereocenters. The number of fused-ring (bicyclic) bond motifs is 3. The van der Waals surface area contributed by atoms with Gasteiger partial charge in [0.05, 0.1) is 23.6 Å². The molecule has 3 aromatic rings. The number of hydrogen-bond acceptors (Lipinski definition) is 7. The molecule has 0 radical (unpaired) electrons. The Morgan fingerprint density at radius 3 is 2.61 bits per heavy atom. The molecule has 0 fully saturated rings. The smallest absolute Gasteiger partial charge is 0.247 e. The number of benzene rings is 1. The van der Waals surface area contributed by atoms with Gasteiger partial charge in [0.1, 0.15) is 17.0 Å². The maximum Gasteiger partial charge on any atom is 0.247 e. The Morgan fingerprint density at radius 1 is 1.22 bits per heavy atom. The Morgan fingerprint density at radius 2 is 1.94 bits per heavy atom. The monoisotopic (exact) mass is 507 g/mol. The number of likely N-dealkylation sites (N-methyl/N-ethyl adjacent to an activating group) is 1. The first-order valence-electron chi connectivity index (χ1n) is 12.3. The van der Waals surface area contributed by atoms with Crippen LogP contribution < -0.4 is 5.32 Å². The lowest BCUT2D eigenvalue weighted by Crippen LogP contribution is -2.60. The van der Waals surface area contributed by atoms with Crippen molar-refractivity contribution in [2.24, 2.45) is 0 Å². The van der Waals surface area contributed by atoms with Crippen molar-refractivity contribution in [2.75, 3.05) is 39.7 Å². The van der Waals surface area contributed by atoms with Crippen LogP contribution in [-0.2, 0) is 21.5 Å². The van der Waals surface area contributed by atoms with Crippen LogP contribution in [0.1, 0.15) is 49.7 Å². The van der Waals surface area contributed by atoms with Gasteiger partial charge in [0.2, 0.25) is 5.91 Å². The van der Waals surface area contributed by atoms with Gasteiger partial charge < -0.3 is 19.9 Å². The van der Waals surface area contributed by atoms with Crippen molar-refractivity contribution in [3.05, 3.63) is 64.8 Å². The van der Waals surface area contributed by atoms with Crippen molar-refractivity contribution in [3.63, 3.8) is 0 Å². The van der Waals surface area contributed by atoms with Crippen molar-refractivity contribution in [1.29, 1.82) is 0 Å². The second kappa shape index (κ2) is 10.3. The van der Waals surface area contributed by atoms with Crippen molar-refractivity contribution < 1.29 is 9.53 Å². The van der Waals surface area contributed by atoms with Crippen molar-refractivity contribution >= 4 is 33.3 Å². The minimum atomic E-state index is -0.495. The number of nitrogens with one attached hydrogen (secondary N) is 1. The maximum atomic E-state index is 13.4. The molecule has 0 saturated heterocycles. The number of hydrogen-bond donors (Lipinski definition) is 1. The van der Waals surface area contributed by atoms with Crippen LogP contribution in [0.2, 0.25) is 0 Å². The average molecular weight is 508 g/mol. The summed E-state index contributed by atoms with van der Waals surface area (Å²) in [6.07, 6.45) is 5.99. The topological polar surface area (TPSA) is 70.6 Å². The molecule has 1 N–H and O–H groups in total. The highest BCUT2D eigenvalue weighted by molar-refractivity contribution is 7.19. The van der Waals surface area contributed by atoms with Gasteiger partial charge in [-0.25, -0.2) is 9.97 Å². The third-order valence-electron chi connectivity index (χ3n) is 6.71. The Bertz CT molecular complexity index is 1250. The van der Waals surface area contributed by atoms with Gasteiger partial charge in [0.25, 0.3) is 0 Å². The Hall–Kier alpha value is -2.81. The molecule has 8 heteroatoms. The summed E-state index contributed by atoms with van der Waals surface area (Å²) in [6, 6.07) is 10.2. The van der Waals surface area contributed by atoms with E-state index in [9.17, 15) is 4.79 Å². The van der Waals surface area contributed by atoms with Gasteiger partial charge in [-0.15, -0.1) is 11.3 Å². The number of ether oxygens (including phenoxy) is 1. The van der Waals surface area contributed by atoms with E-state index in [2.05, 4.69) is 55.1 Å². The number of methoxy groups -OCH3 is 1. The highest BCUT2D eigenvalue weighted by Gasteiger charge is 2.48. The van der Waals surface area contributed by atoms with Crippen molar-refractivity contribution in [2.45, 2.75) is 51.2 Å². The lowest BCUT2D eigenvalue weighted by atomic mass is 9.79. The fourth-order valence-corrected chi connectivity index (χ4v) is 6.64. The van der Waals surface area contributed by atoms with Crippen LogP contribution in [0.4, 0.5) is 5.82 Å². The van der Waals surface area contributed by atoms with Crippen LogP contribution >= 0.6 is 11.3 Å². The van der Waals surface area contributed by atoms with E-state index in [1.54, 1.807) is 30.8 Å². The highest BCUT2D eigenvalue weighted by Crippen LogP contribution is 2.50. The van der Waals surface area contributed by atoms with E-state index in [4.69, 9.17) is 4.74 Å². The van der Waals surface area contributed by atoms with E-state index in [1.807, 2.05) is 48.2 Å². The number of carbonyl (C=O) groups excluding carboxylic acids is 1. The zero-order chi connectivity index (χ0) is 26.1. The molecule has 1 aliphatic rings. The number of thiophene rings is 1. The van der Waals surface area contributed by atoms with Gasteiger partial charge in [-0.2, -0.15) is 0 Å². The first kappa shape index (κ1) is 26.3. The summed E-state index contributed by atoms with van der Waals surface area (Å²) < 4.78 is 5.53. The van der Waals surface area contributed by atoms with E-state index >= 15 is 0 Å². The zero-order valence-electron chi connectivity index (χ0n) is 22.3. The standard InChI is InChI=1S/C28H37N5O2S/c1-27(2)16-20-23-25(31-21(17-35-7)19-12-9-8-10-13-19)29-18-30-26(23)36-24(20)28(3,4)33(27)22(34)14-11-15-32(5)6/h8-14,18,21H,15-17H2,1-7H3,(H,29,30,31). The van der Waals surface area contributed by atoms with Crippen LogP contribution in [0.3, 0.4) is 0 Å². The highest BCUT2D eigenvalue weighted by atomic mass is 32.1. The summed E-state index contributed by atoms with van der Waals surface area (Å²) in [6.45, 7) is 9.81. The molecule has 2 aromatic heterocycles. The summed E-state index contributed by atoms with van der Waals surface area (Å²) in [5, 5.41) is 4.68. The van der Waals surface area contributed by atoms with Crippen LogP contribution in [0, 0.1) is 0 Å². The first-order chi connectivity index (χ1) is 17.1. The molecular formula is C28H37N5O2S. The molecule has 7 nitrogen and oxygen atoms in total. The van der Waals surface area contributed by atoms with Crippen LogP contribution in [0.25, 0.3) is 10.2 Å². The van der Waals surface area contributed by atoms with Crippen molar-refractivity contribution in [1.82, 2.24) is 19.8 Å². The van der Waals surface area contributed by atoms with Crippen LogP contribution in [-0.4, -0.2) is 65.6 Å².